The van der Waals surface area contributed by atoms with Gasteiger partial charge in [0.2, 0.25) is 0 Å². The van der Waals surface area contributed by atoms with E-state index >= 15 is 0 Å². The second kappa shape index (κ2) is 13.4. The molecule has 0 fully saturated rings. The van der Waals surface area contributed by atoms with Crippen LogP contribution < -0.4 is 4.90 Å². The number of nitrogens with zero attached hydrogens (tertiary/aromatic N) is 1. The fraction of sp³-hybridized carbons (Fsp3) is 0.0182. The molecule has 0 bridgehead atoms. The van der Waals surface area contributed by atoms with Crippen molar-refractivity contribution in [3.8, 4) is 33.4 Å². The van der Waals surface area contributed by atoms with E-state index in [4.69, 9.17) is 4.42 Å². The van der Waals surface area contributed by atoms with E-state index in [1.165, 1.54) is 50.1 Å². The average Bonchev–Trinajstić information content (AvgIpc) is 3.83. The van der Waals surface area contributed by atoms with Crippen molar-refractivity contribution < 1.29 is 4.42 Å². The van der Waals surface area contributed by atoms with E-state index in [-0.39, 0.29) is 0 Å². The fourth-order valence-electron chi connectivity index (χ4n) is 9.25. The first-order valence-electron chi connectivity index (χ1n) is 19.6. The summed E-state index contributed by atoms with van der Waals surface area (Å²) in [5, 5.41) is 2.18. The Morgan fingerprint density at radius 3 is 1.28 bits per heavy atom. The van der Waals surface area contributed by atoms with Crippen molar-refractivity contribution in [2.75, 3.05) is 4.90 Å². The second-order valence-electron chi connectivity index (χ2n) is 14.8. The number of furan rings is 1. The molecule has 0 N–H and O–H groups in total. The summed E-state index contributed by atoms with van der Waals surface area (Å²) in [7, 11) is 0. The molecular formula is C55H37NO. The minimum absolute atomic E-state index is 0.581. The van der Waals surface area contributed by atoms with Crippen molar-refractivity contribution in [1.29, 1.82) is 0 Å². The zero-order valence-electron chi connectivity index (χ0n) is 31.2. The van der Waals surface area contributed by atoms with E-state index in [2.05, 4.69) is 229 Å². The van der Waals surface area contributed by atoms with Crippen LogP contribution in [0.1, 0.15) is 22.3 Å². The molecule has 0 spiro atoms. The maximum absolute atomic E-state index is 7.37. The summed E-state index contributed by atoms with van der Waals surface area (Å²) in [6.45, 7) is 0. The first-order valence-corrected chi connectivity index (χ1v) is 19.6. The molecule has 2 nitrogen and oxygen atoms in total. The number of anilines is 3. The standard InChI is InChI=1S/C55H37NO/c1-4-16-38(17-5-1)40-30-34-43(35-31-40)56(44-36-32-41(33-37-44)39-18-6-2-7-19-39)52-29-15-25-48-47-24-14-28-51(53(47)57-54(48)52)55(42-20-8-3-9-21-42)49-26-12-10-22-45(49)46-23-11-13-27-50(46)55/h1-37H. The van der Waals surface area contributed by atoms with Gasteiger partial charge in [0.1, 0.15) is 5.58 Å². The van der Waals surface area contributed by atoms with Crippen LogP contribution in [0.2, 0.25) is 0 Å². The van der Waals surface area contributed by atoms with Crippen LogP contribution in [-0.4, -0.2) is 0 Å². The third-order valence-electron chi connectivity index (χ3n) is 11.8. The highest BCUT2D eigenvalue weighted by Gasteiger charge is 2.47. The van der Waals surface area contributed by atoms with Gasteiger partial charge in [0.25, 0.3) is 0 Å². The Morgan fingerprint density at radius 1 is 0.316 bits per heavy atom. The van der Waals surface area contributed by atoms with Crippen molar-refractivity contribution in [1.82, 2.24) is 0 Å². The molecule has 10 aromatic rings. The SMILES string of the molecule is c1ccc(-c2ccc(N(c3ccc(-c4ccccc4)cc3)c3cccc4c3oc3c(C5(c6ccccc6)c6ccccc6-c6ccccc65)cccc34)cc2)cc1. The Labute approximate surface area is 332 Å². The Hall–Kier alpha value is -7.42. The van der Waals surface area contributed by atoms with Crippen molar-refractivity contribution in [3.05, 3.63) is 247 Å². The monoisotopic (exact) mass is 727 g/mol. The van der Waals surface area contributed by atoms with E-state index in [0.29, 0.717) is 0 Å². The molecule has 2 heteroatoms. The van der Waals surface area contributed by atoms with E-state index in [9.17, 15) is 0 Å². The molecule has 9 aromatic carbocycles. The third-order valence-corrected chi connectivity index (χ3v) is 11.8. The maximum atomic E-state index is 7.37. The van der Waals surface area contributed by atoms with Gasteiger partial charge < -0.3 is 9.32 Å². The summed E-state index contributed by atoms with van der Waals surface area (Å²) in [4.78, 5) is 2.33. The molecule has 0 atom stereocenters. The normalized spacial score (nSPS) is 12.7. The Bertz CT molecular complexity index is 2910. The lowest BCUT2D eigenvalue weighted by atomic mass is 9.67. The predicted molar refractivity (Wildman–Crippen MR) is 237 cm³/mol. The van der Waals surface area contributed by atoms with Crippen molar-refractivity contribution >= 4 is 39.0 Å². The van der Waals surface area contributed by atoms with E-state index in [1.54, 1.807) is 0 Å². The molecule has 1 heterocycles. The van der Waals surface area contributed by atoms with Crippen LogP contribution in [-0.2, 0) is 5.41 Å². The van der Waals surface area contributed by atoms with Gasteiger partial charge in [-0.3, -0.25) is 0 Å². The summed E-state index contributed by atoms with van der Waals surface area (Å²) >= 11 is 0. The Balaban J connectivity index is 1.15. The molecule has 0 saturated carbocycles. The Morgan fingerprint density at radius 2 is 0.737 bits per heavy atom. The van der Waals surface area contributed by atoms with Crippen molar-refractivity contribution in [2.24, 2.45) is 0 Å². The average molecular weight is 728 g/mol. The second-order valence-corrected chi connectivity index (χ2v) is 14.8. The Kier molecular flexibility index (Phi) is 7.75. The smallest absolute Gasteiger partial charge is 0.159 e. The molecular weight excluding hydrogens is 691 g/mol. The first kappa shape index (κ1) is 33.0. The van der Waals surface area contributed by atoms with Gasteiger partial charge in [0.05, 0.1) is 11.1 Å². The highest BCUT2D eigenvalue weighted by Crippen LogP contribution is 2.58. The van der Waals surface area contributed by atoms with Crippen LogP contribution in [0.15, 0.2) is 229 Å². The number of fused-ring (bicyclic) bond motifs is 6. The van der Waals surface area contributed by atoms with Crippen LogP contribution in [0.5, 0.6) is 0 Å². The summed E-state index contributed by atoms with van der Waals surface area (Å²) in [6.07, 6.45) is 0. The van der Waals surface area contributed by atoms with E-state index in [0.717, 1.165) is 44.6 Å². The highest BCUT2D eigenvalue weighted by atomic mass is 16.3. The highest BCUT2D eigenvalue weighted by molar-refractivity contribution is 6.12. The van der Waals surface area contributed by atoms with Gasteiger partial charge in [-0.1, -0.05) is 194 Å². The lowest BCUT2D eigenvalue weighted by Crippen LogP contribution is -2.28. The molecule has 0 aliphatic heterocycles. The molecule has 1 aromatic heterocycles. The predicted octanol–water partition coefficient (Wildman–Crippen LogP) is 14.8. The molecule has 1 aliphatic rings. The van der Waals surface area contributed by atoms with Gasteiger partial charge in [-0.05, 0) is 80.4 Å². The van der Waals surface area contributed by atoms with Crippen LogP contribution in [0, 0.1) is 0 Å². The van der Waals surface area contributed by atoms with Crippen LogP contribution in [0.3, 0.4) is 0 Å². The first-order chi connectivity index (χ1) is 28.3. The fourth-order valence-corrected chi connectivity index (χ4v) is 9.25. The molecule has 0 unspecified atom stereocenters. The minimum Gasteiger partial charge on any atom is -0.453 e. The number of rotatable bonds is 7. The summed E-state index contributed by atoms with van der Waals surface area (Å²) in [5.74, 6) is 0. The molecule has 57 heavy (non-hydrogen) atoms. The molecule has 1 aliphatic carbocycles. The molecule has 0 amide bonds. The molecule has 0 radical (unpaired) electrons. The van der Waals surface area contributed by atoms with Gasteiger partial charge in [-0.15, -0.1) is 0 Å². The van der Waals surface area contributed by atoms with Gasteiger partial charge in [0.15, 0.2) is 5.58 Å². The van der Waals surface area contributed by atoms with Crippen LogP contribution in [0.4, 0.5) is 17.1 Å². The topological polar surface area (TPSA) is 16.4 Å². The van der Waals surface area contributed by atoms with Crippen molar-refractivity contribution in [3.63, 3.8) is 0 Å². The number of hydrogen-bond acceptors (Lipinski definition) is 2. The maximum Gasteiger partial charge on any atom is 0.159 e. The summed E-state index contributed by atoms with van der Waals surface area (Å²) < 4.78 is 7.37. The summed E-state index contributed by atoms with van der Waals surface area (Å²) in [6, 6.07) is 80.8. The van der Waals surface area contributed by atoms with Crippen LogP contribution in [0.25, 0.3) is 55.3 Å². The van der Waals surface area contributed by atoms with Gasteiger partial charge >= 0.3 is 0 Å². The largest absolute Gasteiger partial charge is 0.453 e. The lowest BCUT2D eigenvalue weighted by molar-refractivity contribution is 0.648. The quantitative estimate of drug-likeness (QED) is 0.163. The van der Waals surface area contributed by atoms with Crippen molar-refractivity contribution in [2.45, 2.75) is 5.41 Å². The van der Waals surface area contributed by atoms with E-state index < -0.39 is 5.41 Å². The summed E-state index contributed by atoms with van der Waals surface area (Å²) in [5.41, 5.74) is 16.4. The van der Waals surface area contributed by atoms with E-state index in [1.807, 2.05) is 0 Å². The minimum atomic E-state index is -0.581. The number of benzene rings is 9. The van der Waals surface area contributed by atoms with Gasteiger partial charge in [-0.25, -0.2) is 0 Å². The lowest BCUT2D eigenvalue weighted by Gasteiger charge is -2.33. The molecule has 0 saturated heterocycles. The zero-order chi connectivity index (χ0) is 37.8. The number of para-hydroxylation sites is 2. The molecule has 268 valence electrons. The van der Waals surface area contributed by atoms with Gasteiger partial charge in [0, 0.05) is 27.7 Å². The zero-order valence-corrected chi connectivity index (χ0v) is 31.2. The number of hydrogen-bond donors (Lipinski definition) is 0. The molecule has 11 rings (SSSR count). The third kappa shape index (κ3) is 5.18. The van der Waals surface area contributed by atoms with Crippen LogP contribution >= 0.6 is 0 Å². The van der Waals surface area contributed by atoms with Gasteiger partial charge in [-0.2, -0.15) is 0 Å².